The van der Waals surface area contributed by atoms with E-state index < -0.39 is 0 Å². The van der Waals surface area contributed by atoms with Gasteiger partial charge in [-0.25, -0.2) is 9.97 Å². The second-order valence-corrected chi connectivity index (χ2v) is 4.19. The standard InChI is InChI=1S/C12H10N4O2/c13-6-1-2-8-7(3-6)9-4-11(17)16-12(18)5-10(14-8)15-9/h1-3H,4-5,13H2,(H,16,17,18). The van der Waals surface area contributed by atoms with Crippen molar-refractivity contribution in [1.29, 1.82) is 0 Å². The van der Waals surface area contributed by atoms with Gasteiger partial charge in [-0.05, 0) is 18.2 Å². The minimum atomic E-state index is -0.375. The summed E-state index contributed by atoms with van der Waals surface area (Å²) < 4.78 is 0. The van der Waals surface area contributed by atoms with Crippen molar-refractivity contribution in [2.45, 2.75) is 12.8 Å². The maximum atomic E-state index is 11.6. The molecular weight excluding hydrogens is 232 g/mol. The molecule has 0 radical (unpaired) electrons. The van der Waals surface area contributed by atoms with E-state index in [-0.39, 0.29) is 24.7 Å². The molecule has 3 N–H and O–H groups in total. The van der Waals surface area contributed by atoms with Crippen LogP contribution in [0.2, 0.25) is 0 Å². The summed E-state index contributed by atoms with van der Waals surface area (Å²) in [4.78, 5) is 31.5. The monoisotopic (exact) mass is 242 g/mol. The van der Waals surface area contributed by atoms with Crippen LogP contribution in [0.15, 0.2) is 18.2 Å². The van der Waals surface area contributed by atoms with E-state index in [0.717, 1.165) is 5.39 Å². The number of hydrogen-bond acceptors (Lipinski definition) is 5. The predicted octanol–water partition coefficient (Wildman–Crippen LogP) is -0.0466. The van der Waals surface area contributed by atoms with Gasteiger partial charge in [-0.1, -0.05) is 0 Å². The van der Waals surface area contributed by atoms with Crippen molar-refractivity contribution < 1.29 is 9.59 Å². The van der Waals surface area contributed by atoms with E-state index in [4.69, 9.17) is 5.73 Å². The first kappa shape index (κ1) is 10.6. The highest BCUT2D eigenvalue weighted by Crippen LogP contribution is 2.20. The molecular formula is C12H10N4O2. The molecule has 1 aliphatic heterocycles. The molecule has 0 fully saturated rings. The first-order valence-corrected chi connectivity index (χ1v) is 5.49. The summed E-state index contributed by atoms with van der Waals surface area (Å²) in [7, 11) is 0. The molecule has 0 saturated heterocycles. The Morgan fingerprint density at radius 3 is 2.72 bits per heavy atom. The Morgan fingerprint density at radius 1 is 1.11 bits per heavy atom. The molecule has 3 rings (SSSR count). The normalized spacial score (nSPS) is 15.1. The van der Waals surface area contributed by atoms with Crippen LogP contribution in [-0.2, 0) is 22.4 Å². The summed E-state index contributed by atoms with van der Waals surface area (Å²) in [5.41, 5.74) is 7.62. The van der Waals surface area contributed by atoms with Crippen LogP contribution in [0.25, 0.3) is 10.9 Å². The average Bonchev–Trinajstić information content (AvgIpc) is 2.28. The second kappa shape index (κ2) is 3.76. The zero-order chi connectivity index (χ0) is 12.7. The van der Waals surface area contributed by atoms with E-state index in [9.17, 15) is 9.59 Å². The highest BCUT2D eigenvalue weighted by atomic mass is 16.2. The number of benzene rings is 1. The van der Waals surface area contributed by atoms with Gasteiger partial charge in [0.05, 0.1) is 24.1 Å². The molecule has 0 spiro atoms. The fraction of sp³-hybridized carbons (Fsp3) is 0.167. The number of nitrogens with zero attached hydrogens (tertiary/aromatic N) is 2. The number of amides is 2. The highest BCUT2D eigenvalue weighted by molar-refractivity contribution is 5.99. The Morgan fingerprint density at radius 2 is 1.89 bits per heavy atom. The third-order valence-corrected chi connectivity index (χ3v) is 2.77. The van der Waals surface area contributed by atoms with Gasteiger partial charge in [0.25, 0.3) is 0 Å². The smallest absolute Gasteiger partial charge is 0.234 e. The van der Waals surface area contributed by atoms with Crippen molar-refractivity contribution in [3.8, 4) is 0 Å². The molecule has 2 heterocycles. The fourth-order valence-electron chi connectivity index (χ4n) is 2.02. The van der Waals surface area contributed by atoms with E-state index in [1.54, 1.807) is 18.2 Å². The van der Waals surface area contributed by atoms with Gasteiger partial charge in [-0.2, -0.15) is 0 Å². The van der Waals surface area contributed by atoms with E-state index in [1.807, 2.05) is 0 Å². The number of hydrogen-bond donors (Lipinski definition) is 2. The number of imide groups is 1. The Bertz CT molecular complexity index is 681. The van der Waals surface area contributed by atoms with Crippen molar-refractivity contribution in [2.24, 2.45) is 0 Å². The lowest BCUT2D eigenvalue weighted by Crippen LogP contribution is -2.35. The van der Waals surface area contributed by atoms with Crippen LogP contribution in [-0.4, -0.2) is 21.8 Å². The van der Waals surface area contributed by atoms with Gasteiger partial charge >= 0.3 is 0 Å². The number of carbonyl (C=O) groups is 2. The van der Waals surface area contributed by atoms with E-state index in [2.05, 4.69) is 15.3 Å². The molecule has 6 nitrogen and oxygen atoms in total. The molecule has 2 amide bonds. The quantitative estimate of drug-likeness (QED) is 0.498. The summed E-state index contributed by atoms with van der Waals surface area (Å²) in [5, 5.41) is 3.04. The molecule has 6 heteroatoms. The molecule has 1 aromatic carbocycles. The number of aromatic nitrogens is 2. The predicted molar refractivity (Wildman–Crippen MR) is 64.5 cm³/mol. The molecule has 0 unspecified atom stereocenters. The Kier molecular flexibility index (Phi) is 2.22. The summed E-state index contributed by atoms with van der Waals surface area (Å²) in [5.74, 6) is -0.305. The number of carbonyl (C=O) groups excluding carboxylic acids is 2. The Labute approximate surface area is 102 Å². The maximum absolute atomic E-state index is 11.6. The summed E-state index contributed by atoms with van der Waals surface area (Å²) >= 11 is 0. The minimum absolute atomic E-state index is 0.0130. The van der Waals surface area contributed by atoms with E-state index in [1.165, 1.54) is 0 Å². The van der Waals surface area contributed by atoms with Gasteiger partial charge in [0.15, 0.2) is 0 Å². The van der Waals surface area contributed by atoms with Crippen molar-refractivity contribution in [2.75, 3.05) is 5.73 Å². The zero-order valence-electron chi connectivity index (χ0n) is 9.43. The highest BCUT2D eigenvalue weighted by Gasteiger charge is 2.19. The summed E-state index contributed by atoms with van der Waals surface area (Å²) in [6, 6.07) is 5.24. The molecule has 1 aliphatic rings. The van der Waals surface area contributed by atoms with Crippen LogP contribution in [0, 0.1) is 0 Å². The van der Waals surface area contributed by atoms with Crippen molar-refractivity contribution in [1.82, 2.24) is 15.3 Å². The van der Waals surface area contributed by atoms with E-state index >= 15 is 0 Å². The second-order valence-electron chi connectivity index (χ2n) is 4.19. The zero-order valence-corrected chi connectivity index (χ0v) is 9.43. The van der Waals surface area contributed by atoms with Gasteiger partial charge in [0.1, 0.15) is 5.82 Å². The Balaban J connectivity index is 2.27. The summed E-state index contributed by atoms with van der Waals surface area (Å²) in [6.45, 7) is 0. The number of rotatable bonds is 0. The van der Waals surface area contributed by atoms with Gasteiger partial charge in [0.2, 0.25) is 11.8 Å². The molecule has 0 saturated carbocycles. The summed E-state index contributed by atoms with van der Waals surface area (Å²) in [6.07, 6.45) is 0.0697. The lowest BCUT2D eigenvalue weighted by Gasteiger charge is -2.12. The van der Waals surface area contributed by atoms with Crippen molar-refractivity contribution in [3.05, 3.63) is 29.7 Å². The van der Waals surface area contributed by atoms with Gasteiger partial charge < -0.3 is 5.73 Å². The molecule has 2 bridgehead atoms. The number of nitrogens with one attached hydrogen (secondary N) is 1. The third-order valence-electron chi connectivity index (χ3n) is 2.77. The molecule has 2 aromatic rings. The molecule has 0 aliphatic carbocycles. The number of nitrogen functional groups attached to an aromatic ring is 1. The average molecular weight is 242 g/mol. The van der Waals surface area contributed by atoms with Crippen LogP contribution >= 0.6 is 0 Å². The van der Waals surface area contributed by atoms with Gasteiger partial charge in [-0.15, -0.1) is 0 Å². The number of fused-ring (bicyclic) bond motifs is 4. The van der Waals surface area contributed by atoms with Crippen LogP contribution in [0.5, 0.6) is 0 Å². The first-order valence-electron chi connectivity index (χ1n) is 5.49. The minimum Gasteiger partial charge on any atom is -0.399 e. The maximum Gasteiger partial charge on any atom is 0.234 e. The van der Waals surface area contributed by atoms with Crippen molar-refractivity contribution >= 4 is 28.4 Å². The first-order chi connectivity index (χ1) is 8.61. The number of nitrogens with two attached hydrogens (primary N) is 1. The van der Waals surface area contributed by atoms with Crippen LogP contribution in [0.4, 0.5) is 5.69 Å². The van der Waals surface area contributed by atoms with E-state index in [0.29, 0.717) is 22.7 Å². The lowest BCUT2D eigenvalue weighted by molar-refractivity contribution is -0.129. The number of anilines is 1. The third kappa shape index (κ3) is 1.77. The topological polar surface area (TPSA) is 98.0 Å². The lowest BCUT2D eigenvalue weighted by atomic mass is 10.1. The molecule has 90 valence electrons. The fourth-order valence-corrected chi connectivity index (χ4v) is 2.02. The molecule has 18 heavy (non-hydrogen) atoms. The van der Waals surface area contributed by atoms with Crippen LogP contribution < -0.4 is 11.1 Å². The van der Waals surface area contributed by atoms with Crippen LogP contribution in [0.1, 0.15) is 11.5 Å². The SMILES string of the molecule is Nc1ccc2nc3nc(c2c1)CC(=O)NC(=O)C3. The van der Waals surface area contributed by atoms with Gasteiger partial charge in [0, 0.05) is 11.1 Å². The van der Waals surface area contributed by atoms with Gasteiger partial charge in [-0.3, -0.25) is 14.9 Å². The molecule has 1 aromatic heterocycles. The Hall–Kier alpha value is -2.50. The van der Waals surface area contributed by atoms with Crippen molar-refractivity contribution in [3.63, 3.8) is 0 Å². The van der Waals surface area contributed by atoms with Crippen LogP contribution in [0.3, 0.4) is 0 Å². The molecule has 0 atom stereocenters. The largest absolute Gasteiger partial charge is 0.399 e.